The summed E-state index contributed by atoms with van der Waals surface area (Å²) in [5, 5.41) is 56.2. The number of carboxylic acid groups (broad SMARTS) is 1. The predicted octanol–water partition coefficient (Wildman–Crippen LogP) is -3.66. The molecule has 11 heteroatoms. The van der Waals surface area contributed by atoms with E-state index in [1.807, 2.05) is 5.32 Å². The summed E-state index contributed by atoms with van der Waals surface area (Å²) < 4.78 is 0. The zero-order chi connectivity index (χ0) is 15.2. The average Bonchev–Trinajstić information content (AvgIpc) is 2.40. The maximum Gasteiger partial charge on any atom is 0.327 e. The molecule has 0 radical (unpaired) electrons. The van der Waals surface area contributed by atoms with Gasteiger partial charge in [-0.3, -0.25) is 4.79 Å². The molecule has 0 saturated heterocycles. The van der Waals surface area contributed by atoms with Crippen LogP contribution in [0, 0.1) is 0 Å². The first-order valence-electron chi connectivity index (χ1n) is 5.23. The van der Waals surface area contributed by atoms with Crippen molar-refractivity contribution >= 4 is 36.9 Å². The van der Waals surface area contributed by atoms with E-state index >= 15 is 0 Å². The highest BCUT2D eigenvalue weighted by molar-refractivity contribution is 7.80. The van der Waals surface area contributed by atoms with E-state index in [-0.39, 0.29) is 18.2 Å². The summed E-state index contributed by atoms with van der Waals surface area (Å²) in [6.45, 7) is -0.888. The summed E-state index contributed by atoms with van der Waals surface area (Å²) >= 11 is 3.68. The third-order valence-corrected chi connectivity index (χ3v) is 2.69. The molecule has 0 aliphatic rings. The van der Waals surface area contributed by atoms with E-state index in [0.717, 1.165) is 0 Å². The van der Waals surface area contributed by atoms with Crippen molar-refractivity contribution in [2.24, 2.45) is 0 Å². The van der Waals surface area contributed by atoms with Crippen LogP contribution in [0.15, 0.2) is 0 Å². The summed E-state index contributed by atoms with van der Waals surface area (Å²) in [5.74, 6) is -2.88. The number of nitrogens with one attached hydrogen (secondary N) is 1. The number of carbonyl (C=O) groups excluding carboxylic acids is 1. The van der Waals surface area contributed by atoms with Gasteiger partial charge in [0.1, 0.15) is 24.4 Å². The smallest absolute Gasteiger partial charge is 0.327 e. The molecule has 0 fully saturated rings. The summed E-state index contributed by atoms with van der Waals surface area (Å²) in [6.07, 6.45) is -7.97. The third-order valence-electron chi connectivity index (χ3n) is 2.32. The van der Waals surface area contributed by atoms with Crippen molar-refractivity contribution in [3.63, 3.8) is 0 Å². The van der Waals surface area contributed by atoms with Crippen LogP contribution in [-0.4, -0.2) is 85.3 Å². The van der Waals surface area contributed by atoms with Gasteiger partial charge in [-0.15, -0.1) is 12.4 Å². The van der Waals surface area contributed by atoms with Crippen LogP contribution in [0.25, 0.3) is 0 Å². The molecule has 0 spiro atoms. The number of carboxylic acids is 1. The van der Waals surface area contributed by atoms with Crippen molar-refractivity contribution in [3.8, 4) is 0 Å². The molecule has 120 valence electrons. The summed E-state index contributed by atoms with van der Waals surface area (Å²) in [7, 11) is 0. The van der Waals surface area contributed by atoms with Gasteiger partial charge in [-0.25, -0.2) is 4.79 Å². The highest BCUT2D eigenvalue weighted by Gasteiger charge is 2.35. The quantitative estimate of drug-likeness (QED) is 0.210. The highest BCUT2D eigenvalue weighted by Crippen LogP contribution is 2.06. The lowest BCUT2D eigenvalue weighted by molar-refractivity contribution is -0.152. The molecule has 0 aliphatic carbocycles. The van der Waals surface area contributed by atoms with E-state index < -0.39 is 48.9 Å². The molecular formula is C9H18ClNO8S. The summed E-state index contributed by atoms with van der Waals surface area (Å²) in [6, 6.07) is -1.38. The number of hydrogen-bond donors (Lipinski definition) is 8. The summed E-state index contributed by atoms with van der Waals surface area (Å²) in [4.78, 5) is 22.0. The van der Waals surface area contributed by atoms with E-state index in [0.29, 0.717) is 0 Å². The molecule has 0 aromatic rings. The van der Waals surface area contributed by atoms with Gasteiger partial charge in [0.2, 0.25) is 0 Å². The number of rotatable bonds is 8. The Morgan fingerprint density at radius 2 is 1.60 bits per heavy atom. The Morgan fingerprint density at radius 3 is 1.95 bits per heavy atom. The number of amides is 1. The molecule has 1 amide bonds. The van der Waals surface area contributed by atoms with Crippen molar-refractivity contribution in [3.05, 3.63) is 0 Å². The van der Waals surface area contributed by atoms with Crippen LogP contribution in [0.4, 0.5) is 0 Å². The molecule has 0 aromatic heterocycles. The Hall–Kier alpha value is -0.620. The molecule has 7 N–H and O–H groups in total. The largest absolute Gasteiger partial charge is 0.480 e. The molecular weight excluding hydrogens is 318 g/mol. The van der Waals surface area contributed by atoms with E-state index in [9.17, 15) is 24.9 Å². The highest BCUT2D eigenvalue weighted by atomic mass is 35.5. The number of halogens is 1. The monoisotopic (exact) mass is 335 g/mol. The van der Waals surface area contributed by atoms with Crippen LogP contribution in [0.3, 0.4) is 0 Å². The molecule has 20 heavy (non-hydrogen) atoms. The van der Waals surface area contributed by atoms with Crippen LogP contribution in [0.2, 0.25) is 0 Å². The Kier molecular flexibility index (Phi) is 11.0. The first-order valence-corrected chi connectivity index (χ1v) is 5.86. The van der Waals surface area contributed by atoms with Crippen LogP contribution >= 0.6 is 25.0 Å². The Balaban J connectivity index is 0. The Bertz CT molecular complexity index is 320. The normalized spacial score (nSPS) is 18.1. The van der Waals surface area contributed by atoms with Gasteiger partial charge < -0.3 is 36.0 Å². The zero-order valence-electron chi connectivity index (χ0n) is 10.2. The number of aliphatic carboxylic acids is 1. The Morgan fingerprint density at radius 1 is 1.10 bits per heavy atom. The second-order valence-corrected chi connectivity index (χ2v) is 4.12. The van der Waals surface area contributed by atoms with Crippen molar-refractivity contribution < 1.29 is 40.2 Å². The van der Waals surface area contributed by atoms with Crippen LogP contribution < -0.4 is 5.32 Å². The molecule has 0 bridgehead atoms. The molecule has 0 aliphatic heterocycles. The molecule has 9 nitrogen and oxygen atoms in total. The van der Waals surface area contributed by atoms with Gasteiger partial charge in [-0.2, -0.15) is 12.6 Å². The Labute approximate surface area is 126 Å². The number of thiol groups is 1. The van der Waals surface area contributed by atoms with Crippen molar-refractivity contribution in [2.45, 2.75) is 30.5 Å². The molecule has 5 atom stereocenters. The fourth-order valence-electron chi connectivity index (χ4n) is 1.12. The first kappa shape index (κ1) is 21.7. The van der Waals surface area contributed by atoms with Gasteiger partial charge in [0.15, 0.2) is 6.10 Å². The fourth-order valence-corrected chi connectivity index (χ4v) is 1.37. The molecule has 0 aromatic carbocycles. The number of carbonyl (C=O) groups is 2. The minimum atomic E-state index is -2.17. The van der Waals surface area contributed by atoms with E-state index in [2.05, 4.69) is 12.6 Å². The zero-order valence-corrected chi connectivity index (χ0v) is 11.9. The number of aliphatic hydroxyl groups is 5. The summed E-state index contributed by atoms with van der Waals surface area (Å²) in [5.41, 5.74) is 0. The lowest BCUT2D eigenvalue weighted by Crippen LogP contribution is -2.54. The number of aliphatic hydroxyl groups excluding tert-OH is 5. The van der Waals surface area contributed by atoms with Crippen molar-refractivity contribution in [2.75, 3.05) is 12.4 Å². The van der Waals surface area contributed by atoms with Crippen LogP contribution in [-0.2, 0) is 9.59 Å². The minimum Gasteiger partial charge on any atom is -0.480 e. The average molecular weight is 336 g/mol. The lowest BCUT2D eigenvalue weighted by Gasteiger charge is -2.25. The fraction of sp³-hybridized carbons (Fsp3) is 0.778. The van der Waals surface area contributed by atoms with Gasteiger partial charge in [0, 0.05) is 5.75 Å². The standard InChI is InChI=1S/C9H17NO8S.ClH/c11-1-4(12)5(13)6(14)7(15)8(16)10-3(2-19)9(17)18;/h3-7,11-15,19H,1-2H2,(H,10,16)(H,17,18);1H/t3-,4+,5+,6-,7+;/m0./s1. The van der Waals surface area contributed by atoms with Gasteiger partial charge in [0.05, 0.1) is 6.61 Å². The maximum atomic E-state index is 11.4. The van der Waals surface area contributed by atoms with Crippen molar-refractivity contribution in [1.29, 1.82) is 0 Å². The topological polar surface area (TPSA) is 168 Å². The van der Waals surface area contributed by atoms with Crippen LogP contribution in [0.1, 0.15) is 0 Å². The van der Waals surface area contributed by atoms with E-state index in [1.165, 1.54) is 0 Å². The van der Waals surface area contributed by atoms with E-state index in [4.69, 9.17) is 15.3 Å². The predicted molar refractivity (Wildman–Crippen MR) is 71.8 cm³/mol. The maximum absolute atomic E-state index is 11.4. The molecule has 0 saturated carbocycles. The molecule has 0 rings (SSSR count). The third kappa shape index (κ3) is 6.22. The van der Waals surface area contributed by atoms with Gasteiger partial charge in [-0.1, -0.05) is 0 Å². The second-order valence-electron chi connectivity index (χ2n) is 3.76. The van der Waals surface area contributed by atoms with E-state index in [1.54, 1.807) is 0 Å². The minimum absolute atomic E-state index is 0. The van der Waals surface area contributed by atoms with Crippen molar-refractivity contribution in [1.82, 2.24) is 5.32 Å². The lowest BCUT2D eigenvalue weighted by atomic mass is 10.0. The SMILES string of the molecule is Cl.O=C(O)[C@H](CS)NC(=O)[C@H](O)[C@@H](O)[C@H](O)[C@H](O)CO. The van der Waals surface area contributed by atoms with Gasteiger partial charge in [-0.05, 0) is 0 Å². The first-order chi connectivity index (χ1) is 8.76. The number of hydrogen-bond acceptors (Lipinski definition) is 8. The molecule has 0 unspecified atom stereocenters. The van der Waals surface area contributed by atoms with Crippen LogP contribution in [0.5, 0.6) is 0 Å². The van der Waals surface area contributed by atoms with Gasteiger partial charge in [0.25, 0.3) is 5.91 Å². The van der Waals surface area contributed by atoms with Gasteiger partial charge >= 0.3 is 5.97 Å². The second kappa shape index (κ2) is 10.2. The molecule has 0 heterocycles.